The summed E-state index contributed by atoms with van der Waals surface area (Å²) in [5, 5.41) is 0.444. The highest BCUT2D eigenvalue weighted by atomic mass is 35.5. The molecule has 180 valence electrons. The van der Waals surface area contributed by atoms with Crippen LogP contribution in [0.15, 0.2) is 108 Å². The monoisotopic (exact) mass is 514 g/mol. The highest BCUT2D eigenvalue weighted by Crippen LogP contribution is 2.30. The van der Waals surface area contributed by atoms with E-state index in [1.807, 2.05) is 48.8 Å². The predicted molar refractivity (Wildman–Crippen MR) is 141 cm³/mol. The van der Waals surface area contributed by atoms with Crippen molar-refractivity contribution in [3.05, 3.63) is 124 Å². The van der Waals surface area contributed by atoms with Gasteiger partial charge in [-0.05, 0) is 77.8 Å². The lowest BCUT2D eigenvalue weighted by molar-refractivity contribution is -0.598. The van der Waals surface area contributed by atoms with Crippen molar-refractivity contribution in [2.45, 2.75) is 24.2 Å². The number of hydrogen-bond acceptors (Lipinski definition) is 4. The van der Waals surface area contributed by atoms with Gasteiger partial charge >= 0.3 is 5.82 Å². The highest BCUT2D eigenvalue weighted by Gasteiger charge is 2.18. The van der Waals surface area contributed by atoms with Gasteiger partial charge in [-0.2, -0.15) is 0 Å². The fraction of sp³-hybridized carbons (Fsp3) is 0.107. The third kappa shape index (κ3) is 5.53. The van der Waals surface area contributed by atoms with Crippen LogP contribution in [0, 0.1) is 0 Å². The van der Waals surface area contributed by atoms with Gasteiger partial charge < -0.3 is 9.71 Å². The number of rotatable bonds is 8. The second kappa shape index (κ2) is 10.4. The van der Waals surface area contributed by atoms with Gasteiger partial charge in [0.25, 0.3) is 0 Å². The van der Waals surface area contributed by atoms with Crippen molar-refractivity contribution in [1.82, 2.24) is 9.97 Å². The van der Waals surface area contributed by atoms with E-state index < -0.39 is 10.0 Å². The van der Waals surface area contributed by atoms with Crippen LogP contribution in [-0.4, -0.2) is 18.4 Å². The average molecular weight is 515 g/mol. The summed E-state index contributed by atoms with van der Waals surface area (Å²) in [5.41, 5.74) is 3.71. The third-order valence-electron chi connectivity index (χ3n) is 5.77. The van der Waals surface area contributed by atoms with Crippen LogP contribution in [0.2, 0.25) is 5.02 Å². The number of hydrogen-bond donors (Lipinski definition) is 0. The Balaban J connectivity index is 1.42. The molecule has 2 aromatic heterocycles. The molecular formula is C28H23ClN4O2S. The number of para-hydroxylation sites is 2. The SMILES string of the molecule is O=S(=O)([N-]c1nc2ccccc2nc1-[n+]1ccc(CCCc2ccccc2)cc1)c1ccc(Cl)cc1. The summed E-state index contributed by atoms with van der Waals surface area (Å²) in [4.78, 5) is 9.25. The molecule has 0 aliphatic rings. The normalized spacial score (nSPS) is 11.5. The zero-order valence-corrected chi connectivity index (χ0v) is 20.9. The first kappa shape index (κ1) is 23.9. The number of aryl methyl sites for hydroxylation is 2. The van der Waals surface area contributed by atoms with Crippen molar-refractivity contribution in [2.75, 3.05) is 0 Å². The van der Waals surface area contributed by atoms with Crippen LogP contribution in [0.25, 0.3) is 21.6 Å². The van der Waals surface area contributed by atoms with E-state index in [0.29, 0.717) is 21.9 Å². The largest absolute Gasteiger partial charge is 0.425 e. The Labute approximate surface area is 215 Å². The Bertz CT molecular complexity index is 1590. The van der Waals surface area contributed by atoms with E-state index in [0.717, 1.165) is 19.3 Å². The molecule has 0 radical (unpaired) electrons. The van der Waals surface area contributed by atoms with E-state index in [1.54, 1.807) is 10.6 Å². The third-order valence-corrected chi connectivity index (χ3v) is 7.30. The Morgan fingerprint density at radius 3 is 1.97 bits per heavy atom. The van der Waals surface area contributed by atoms with Crippen LogP contribution in [0.1, 0.15) is 17.5 Å². The molecule has 0 atom stereocenters. The lowest BCUT2D eigenvalue weighted by atomic mass is 10.1. The molecule has 5 aromatic rings. The molecule has 0 aliphatic heterocycles. The molecule has 8 heteroatoms. The van der Waals surface area contributed by atoms with Crippen molar-refractivity contribution < 1.29 is 13.0 Å². The molecule has 5 rings (SSSR count). The first-order chi connectivity index (χ1) is 17.5. The molecule has 0 spiro atoms. The van der Waals surface area contributed by atoms with Crippen LogP contribution in [-0.2, 0) is 22.9 Å². The van der Waals surface area contributed by atoms with Gasteiger partial charge in [0, 0.05) is 16.4 Å². The zero-order valence-electron chi connectivity index (χ0n) is 19.3. The molecule has 0 saturated carbocycles. The number of halogens is 1. The van der Waals surface area contributed by atoms with E-state index in [1.165, 1.54) is 35.4 Å². The van der Waals surface area contributed by atoms with E-state index in [9.17, 15) is 8.42 Å². The maximum Gasteiger partial charge on any atom is 0.327 e. The van der Waals surface area contributed by atoms with Crippen molar-refractivity contribution in [1.29, 1.82) is 0 Å². The maximum absolute atomic E-state index is 13.0. The van der Waals surface area contributed by atoms with E-state index in [2.05, 4.69) is 34.0 Å². The second-order valence-corrected chi connectivity index (χ2v) is 10.4. The van der Waals surface area contributed by atoms with Crippen molar-refractivity contribution >= 4 is 38.5 Å². The Kier molecular flexibility index (Phi) is 6.93. The fourth-order valence-corrected chi connectivity index (χ4v) is 4.96. The molecule has 0 N–H and O–H groups in total. The van der Waals surface area contributed by atoms with E-state index in [-0.39, 0.29) is 10.7 Å². The summed E-state index contributed by atoms with van der Waals surface area (Å²) < 4.78 is 31.9. The summed E-state index contributed by atoms with van der Waals surface area (Å²) in [6.07, 6.45) is 6.71. The second-order valence-electron chi connectivity index (χ2n) is 8.33. The van der Waals surface area contributed by atoms with Gasteiger partial charge in [0.1, 0.15) is 0 Å². The van der Waals surface area contributed by atoms with Gasteiger partial charge in [-0.1, -0.05) is 60.1 Å². The zero-order chi connectivity index (χ0) is 25.0. The van der Waals surface area contributed by atoms with Crippen molar-refractivity contribution in [3.63, 3.8) is 0 Å². The number of aromatic nitrogens is 3. The number of nitrogens with zero attached hydrogens (tertiary/aromatic N) is 4. The van der Waals surface area contributed by atoms with Gasteiger partial charge in [0.15, 0.2) is 5.52 Å². The molecule has 3 aromatic carbocycles. The average Bonchev–Trinajstić information content (AvgIpc) is 2.89. The van der Waals surface area contributed by atoms with Crippen molar-refractivity contribution in [3.8, 4) is 5.82 Å². The van der Waals surface area contributed by atoms with Gasteiger partial charge in [-0.3, -0.25) is 0 Å². The highest BCUT2D eigenvalue weighted by molar-refractivity contribution is 7.94. The smallest absolute Gasteiger partial charge is 0.327 e. The Morgan fingerprint density at radius 2 is 1.31 bits per heavy atom. The summed E-state index contributed by atoms with van der Waals surface area (Å²) >= 11 is 5.92. The van der Waals surface area contributed by atoms with Crippen LogP contribution in [0.4, 0.5) is 5.82 Å². The first-order valence-electron chi connectivity index (χ1n) is 11.5. The number of pyridine rings is 1. The molecule has 6 nitrogen and oxygen atoms in total. The fourth-order valence-electron chi connectivity index (χ4n) is 3.90. The Morgan fingerprint density at radius 1 is 0.722 bits per heavy atom. The summed E-state index contributed by atoms with van der Waals surface area (Å²) in [7, 11) is -4.03. The summed E-state index contributed by atoms with van der Waals surface area (Å²) in [6.45, 7) is 0. The van der Waals surface area contributed by atoms with Crippen LogP contribution < -0.4 is 4.57 Å². The minimum atomic E-state index is -4.03. The van der Waals surface area contributed by atoms with Gasteiger partial charge in [-0.15, -0.1) is 0 Å². The standard InChI is InChI=1S/C28H23ClN4O2S/c29-23-13-15-24(16-14-23)36(34,35)32-27-28(31-26-12-5-4-11-25(26)30-27)33-19-17-22(18-20-33)10-6-9-21-7-2-1-3-8-21/h1-5,7-8,11-20H,6,9-10H2. The molecule has 0 saturated heterocycles. The van der Waals surface area contributed by atoms with E-state index >= 15 is 0 Å². The molecule has 0 unspecified atom stereocenters. The van der Waals surface area contributed by atoms with Gasteiger partial charge in [0.05, 0.1) is 17.3 Å². The summed E-state index contributed by atoms with van der Waals surface area (Å²) in [5.74, 6) is 0.354. The number of fused-ring (bicyclic) bond motifs is 1. The topological polar surface area (TPSA) is 77.9 Å². The lowest BCUT2D eigenvalue weighted by Crippen LogP contribution is -2.31. The molecule has 2 heterocycles. The van der Waals surface area contributed by atoms with Crippen molar-refractivity contribution in [2.24, 2.45) is 0 Å². The first-order valence-corrected chi connectivity index (χ1v) is 13.3. The van der Waals surface area contributed by atoms with E-state index in [4.69, 9.17) is 16.6 Å². The van der Waals surface area contributed by atoms with Crippen LogP contribution in [0.3, 0.4) is 0 Å². The Hall–Kier alpha value is -3.81. The molecule has 0 bridgehead atoms. The minimum absolute atomic E-state index is 0.0190. The maximum atomic E-state index is 13.0. The van der Waals surface area contributed by atoms with Crippen LogP contribution in [0.5, 0.6) is 0 Å². The molecule has 36 heavy (non-hydrogen) atoms. The predicted octanol–water partition coefficient (Wildman–Crippen LogP) is 6.13. The summed E-state index contributed by atoms with van der Waals surface area (Å²) in [6, 6.07) is 27.6. The minimum Gasteiger partial charge on any atom is -0.425 e. The molecule has 0 amide bonds. The number of sulfonamides is 1. The van der Waals surface area contributed by atoms with Gasteiger partial charge in [0.2, 0.25) is 10.0 Å². The number of benzene rings is 3. The van der Waals surface area contributed by atoms with Gasteiger partial charge in [-0.25, -0.2) is 13.0 Å². The lowest BCUT2D eigenvalue weighted by Gasteiger charge is -2.16. The molecular weight excluding hydrogens is 492 g/mol. The molecule has 0 fully saturated rings. The quantitative estimate of drug-likeness (QED) is 0.233. The molecule has 0 aliphatic carbocycles. The van der Waals surface area contributed by atoms with Crippen LogP contribution >= 0.6 is 11.6 Å².